The Morgan fingerprint density at radius 2 is 1.53 bits per heavy atom. The first kappa shape index (κ1) is 14.3. The zero-order valence-corrected chi connectivity index (χ0v) is 9.42. The van der Waals surface area contributed by atoms with Crippen molar-refractivity contribution in [2.75, 3.05) is 0 Å². The van der Waals surface area contributed by atoms with E-state index in [1.54, 1.807) is 0 Å². The first-order valence-corrected chi connectivity index (χ1v) is 5.02. The molecule has 0 amide bonds. The van der Waals surface area contributed by atoms with Crippen LogP contribution in [0.1, 0.15) is 16.0 Å². The van der Waals surface area contributed by atoms with Gasteiger partial charge in [0.05, 0.1) is 5.56 Å². The molecule has 0 aliphatic rings. The van der Waals surface area contributed by atoms with Crippen LogP contribution in [0.4, 0.5) is 30.7 Å². The lowest BCUT2D eigenvalue weighted by Gasteiger charge is -2.16. The Labute approximate surface area is 99.6 Å². The van der Waals surface area contributed by atoms with Gasteiger partial charge in [0.2, 0.25) is 0 Å². The van der Waals surface area contributed by atoms with Gasteiger partial charge in [-0.15, -0.1) is 0 Å². The summed E-state index contributed by atoms with van der Waals surface area (Å²) in [6.07, 6.45) is -9.78. The Hall–Kier alpha value is -0.790. The summed E-state index contributed by atoms with van der Waals surface area (Å²) in [5.74, 6) is -1.61. The Balaban J connectivity index is 3.23. The Bertz CT molecular complexity index is 407. The van der Waals surface area contributed by atoms with E-state index in [4.69, 9.17) is 0 Å². The maximum atomic E-state index is 12.8. The van der Waals surface area contributed by atoms with Crippen molar-refractivity contribution in [2.24, 2.45) is 0 Å². The summed E-state index contributed by atoms with van der Waals surface area (Å²) in [5, 5.41) is 0. The van der Waals surface area contributed by atoms with Crippen LogP contribution in [0.3, 0.4) is 0 Å². The Morgan fingerprint density at radius 1 is 1.00 bits per heavy atom. The molecule has 1 unspecified atom stereocenters. The Kier molecular flexibility index (Phi) is 3.75. The standard InChI is InChI=1S/C9H4BrF7/c10-7(9(15,16)17)4-1-2-6(11)5(3-4)8(12,13)14/h1-3,7H. The predicted molar refractivity (Wildman–Crippen MR) is 49.1 cm³/mol. The molecular weight excluding hydrogens is 321 g/mol. The quantitative estimate of drug-likeness (QED) is 0.512. The van der Waals surface area contributed by atoms with Crippen molar-refractivity contribution in [3.05, 3.63) is 35.1 Å². The molecule has 17 heavy (non-hydrogen) atoms. The molecule has 0 spiro atoms. The SMILES string of the molecule is Fc1ccc(C(Br)C(F)(F)F)cc1C(F)(F)F. The molecule has 8 heteroatoms. The van der Waals surface area contributed by atoms with Crippen LogP contribution in [0.15, 0.2) is 18.2 Å². The van der Waals surface area contributed by atoms with Crippen LogP contribution in [0.2, 0.25) is 0 Å². The van der Waals surface area contributed by atoms with E-state index in [0.717, 1.165) is 0 Å². The predicted octanol–water partition coefficient (Wildman–Crippen LogP) is 4.84. The van der Waals surface area contributed by atoms with Crippen molar-refractivity contribution >= 4 is 15.9 Å². The minimum atomic E-state index is -5.03. The minimum Gasteiger partial charge on any atom is -0.206 e. The molecule has 0 N–H and O–H groups in total. The molecule has 0 saturated heterocycles. The highest BCUT2D eigenvalue weighted by Crippen LogP contribution is 2.41. The van der Waals surface area contributed by atoms with Gasteiger partial charge in [-0.2, -0.15) is 26.3 Å². The summed E-state index contributed by atoms with van der Waals surface area (Å²) in [6, 6.07) is 1.15. The number of hydrogen-bond donors (Lipinski definition) is 0. The fraction of sp³-hybridized carbons (Fsp3) is 0.333. The number of alkyl halides is 7. The van der Waals surface area contributed by atoms with E-state index in [-0.39, 0.29) is 6.07 Å². The molecule has 1 atom stereocenters. The molecule has 0 bridgehead atoms. The number of hydrogen-bond acceptors (Lipinski definition) is 0. The number of rotatable bonds is 1. The van der Waals surface area contributed by atoms with E-state index in [1.165, 1.54) is 0 Å². The number of benzene rings is 1. The lowest BCUT2D eigenvalue weighted by atomic mass is 10.1. The second-order valence-electron chi connectivity index (χ2n) is 3.14. The monoisotopic (exact) mass is 324 g/mol. The van der Waals surface area contributed by atoms with E-state index < -0.39 is 34.1 Å². The Morgan fingerprint density at radius 3 is 1.94 bits per heavy atom. The molecule has 96 valence electrons. The molecule has 1 aromatic rings. The first-order chi connectivity index (χ1) is 7.53. The smallest absolute Gasteiger partial charge is 0.206 e. The fourth-order valence-corrected chi connectivity index (χ4v) is 1.39. The van der Waals surface area contributed by atoms with Crippen LogP contribution in [0.5, 0.6) is 0 Å². The second-order valence-corrected chi connectivity index (χ2v) is 4.06. The maximum absolute atomic E-state index is 12.8. The third kappa shape index (κ3) is 3.34. The molecule has 0 saturated carbocycles. The largest absolute Gasteiger partial charge is 0.419 e. The van der Waals surface area contributed by atoms with Gasteiger partial charge in [0, 0.05) is 0 Å². The van der Waals surface area contributed by atoms with Gasteiger partial charge in [-0.1, -0.05) is 22.0 Å². The van der Waals surface area contributed by atoms with Crippen molar-refractivity contribution in [3.63, 3.8) is 0 Å². The fourth-order valence-electron chi connectivity index (χ4n) is 1.11. The summed E-state index contributed by atoms with van der Waals surface area (Å²) < 4.78 is 86.3. The molecule has 0 aromatic heterocycles. The van der Waals surface area contributed by atoms with Crippen molar-refractivity contribution < 1.29 is 30.7 Å². The third-order valence-corrected chi connectivity index (χ3v) is 2.92. The molecule has 1 rings (SSSR count). The molecular formula is C9H4BrF7. The molecule has 0 fully saturated rings. The summed E-state index contributed by atoms with van der Waals surface area (Å²) in [7, 11) is 0. The van der Waals surface area contributed by atoms with E-state index in [1.807, 2.05) is 0 Å². The highest BCUT2D eigenvalue weighted by Gasteiger charge is 2.41. The van der Waals surface area contributed by atoms with Crippen LogP contribution in [-0.4, -0.2) is 6.18 Å². The van der Waals surface area contributed by atoms with Crippen LogP contribution < -0.4 is 0 Å². The van der Waals surface area contributed by atoms with E-state index in [0.29, 0.717) is 12.1 Å². The summed E-state index contributed by atoms with van der Waals surface area (Å²) in [5.41, 5.74) is -2.42. The molecule has 0 heterocycles. The van der Waals surface area contributed by atoms with Crippen molar-refractivity contribution in [3.8, 4) is 0 Å². The highest BCUT2D eigenvalue weighted by molar-refractivity contribution is 9.09. The van der Waals surface area contributed by atoms with Gasteiger partial charge >= 0.3 is 12.4 Å². The zero-order chi connectivity index (χ0) is 13.4. The second kappa shape index (κ2) is 4.47. The van der Waals surface area contributed by atoms with E-state index in [9.17, 15) is 30.7 Å². The van der Waals surface area contributed by atoms with Crippen molar-refractivity contribution in [1.82, 2.24) is 0 Å². The normalized spacial score (nSPS) is 14.8. The maximum Gasteiger partial charge on any atom is 0.419 e. The molecule has 1 aromatic carbocycles. The zero-order valence-electron chi connectivity index (χ0n) is 7.83. The van der Waals surface area contributed by atoms with Gasteiger partial charge < -0.3 is 0 Å². The van der Waals surface area contributed by atoms with Gasteiger partial charge in [-0.25, -0.2) is 4.39 Å². The van der Waals surface area contributed by atoms with Gasteiger partial charge in [-0.3, -0.25) is 0 Å². The summed E-state index contributed by atoms with van der Waals surface area (Å²) in [4.78, 5) is -2.27. The van der Waals surface area contributed by atoms with E-state index in [2.05, 4.69) is 15.9 Å². The first-order valence-electron chi connectivity index (χ1n) is 4.11. The number of halogens is 8. The summed E-state index contributed by atoms with van der Waals surface area (Å²) >= 11 is 2.22. The lowest BCUT2D eigenvalue weighted by Crippen LogP contribution is -2.17. The molecule has 0 aliphatic carbocycles. The van der Waals surface area contributed by atoms with Crippen LogP contribution in [-0.2, 0) is 6.18 Å². The van der Waals surface area contributed by atoms with Gasteiger partial charge in [-0.05, 0) is 17.7 Å². The lowest BCUT2D eigenvalue weighted by molar-refractivity contribution is -0.141. The van der Waals surface area contributed by atoms with Crippen LogP contribution >= 0.6 is 15.9 Å². The molecule has 0 aliphatic heterocycles. The van der Waals surface area contributed by atoms with Crippen molar-refractivity contribution in [2.45, 2.75) is 17.2 Å². The highest BCUT2D eigenvalue weighted by atomic mass is 79.9. The third-order valence-electron chi connectivity index (χ3n) is 1.88. The van der Waals surface area contributed by atoms with Gasteiger partial charge in [0.15, 0.2) is 0 Å². The van der Waals surface area contributed by atoms with Gasteiger partial charge in [0.25, 0.3) is 0 Å². The van der Waals surface area contributed by atoms with Gasteiger partial charge in [0.1, 0.15) is 10.6 Å². The van der Waals surface area contributed by atoms with Crippen molar-refractivity contribution in [1.29, 1.82) is 0 Å². The van der Waals surface area contributed by atoms with E-state index >= 15 is 0 Å². The summed E-state index contributed by atoms with van der Waals surface area (Å²) in [6.45, 7) is 0. The molecule has 0 nitrogen and oxygen atoms in total. The van der Waals surface area contributed by atoms with Crippen LogP contribution in [0.25, 0.3) is 0 Å². The van der Waals surface area contributed by atoms with Crippen LogP contribution in [0, 0.1) is 5.82 Å². The molecule has 0 radical (unpaired) electrons. The minimum absolute atomic E-state index is 0.141. The topological polar surface area (TPSA) is 0 Å². The average molecular weight is 325 g/mol. The average Bonchev–Trinajstić information content (AvgIpc) is 2.14.